The summed E-state index contributed by atoms with van der Waals surface area (Å²) in [7, 11) is 0.756. The van der Waals surface area contributed by atoms with Crippen LogP contribution in [-0.2, 0) is 22.8 Å². The molecule has 0 bridgehead atoms. The normalized spacial score (nSPS) is 24.3. The maximum Gasteiger partial charge on any atom is 0.322 e. The van der Waals surface area contributed by atoms with E-state index in [0.29, 0.717) is 41.9 Å². The Morgan fingerprint density at radius 3 is 2.67 bits per heavy atom. The Kier molecular flexibility index (Phi) is 4.67. The number of amides is 2. The fourth-order valence-electron chi connectivity index (χ4n) is 5.39. The first-order valence-electron chi connectivity index (χ1n) is 11.5. The van der Waals surface area contributed by atoms with Crippen molar-refractivity contribution in [3.8, 4) is 0 Å². The summed E-state index contributed by atoms with van der Waals surface area (Å²) in [5.74, 6) is 1.81. The van der Waals surface area contributed by atoms with Crippen LogP contribution < -0.4 is 15.5 Å². The number of piperidine rings is 1. The first-order valence-corrected chi connectivity index (χ1v) is 12.8. The number of para-hydroxylation sites is 1. The summed E-state index contributed by atoms with van der Waals surface area (Å²) < 4.78 is 12.6. The lowest BCUT2D eigenvalue weighted by Gasteiger charge is -2.50. The fourth-order valence-corrected chi connectivity index (χ4v) is 6.69. The standard InChI is InChI=1S/C23H28N6O3S/c1-28-21(31)25-16-5-3-2-4-15(16)23(28)9-11-29(12-10-23)20-24-17-6-13-33(32)18(17)19(26-20)27-22(14-30)7-8-22/h2-5,30H,6-14H2,1H3,(H,25,31)(H,24,26,27). The topological polar surface area (TPSA) is 111 Å². The van der Waals surface area contributed by atoms with Gasteiger partial charge in [-0.05, 0) is 31.7 Å². The molecule has 6 rings (SSSR count). The quantitative estimate of drug-likeness (QED) is 0.630. The molecule has 1 aliphatic carbocycles. The number of urea groups is 1. The number of nitrogens with zero attached hydrogens (tertiary/aromatic N) is 4. The number of aliphatic hydroxyl groups excluding tert-OH is 1. The van der Waals surface area contributed by atoms with Crippen molar-refractivity contribution in [2.45, 2.75) is 48.1 Å². The van der Waals surface area contributed by atoms with E-state index in [0.717, 1.165) is 42.6 Å². The van der Waals surface area contributed by atoms with Crippen LogP contribution in [0, 0.1) is 0 Å². The van der Waals surface area contributed by atoms with Crippen molar-refractivity contribution in [1.82, 2.24) is 14.9 Å². The van der Waals surface area contributed by atoms with E-state index in [2.05, 4.69) is 21.6 Å². The monoisotopic (exact) mass is 468 g/mol. The summed E-state index contributed by atoms with van der Waals surface area (Å²) in [4.78, 5) is 27.0. The second-order valence-corrected chi connectivity index (χ2v) is 11.1. The molecule has 1 aromatic heterocycles. The number of carbonyl (C=O) groups is 1. The van der Waals surface area contributed by atoms with Crippen LogP contribution in [0.2, 0.25) is 0 Å². The lowest BCUT2D eigenvalue weighted by atomic mass is 9.77. The molecular weight excluding hydrogens is 440 g/mol. The molecule has 4 heterocycles. The number of hydrogen-bond donors (Lipinski definition) is 3. The van der Waals surface area contributed by atoms with Gasteiger partial charge in [0.1, 0.15) is 10.7 Å². The Morgan fingerprint density at radius 1 is 1.18 bits per heavy atom. The van der Waals surface area contributed by atoms with Gasteiger partial charge in [-0.3, -0.25) is 4.21 Å². The smallest absolute Gasteiger partial charge is 0.322 e. The number of aliphatic hydroxyl groups is 1. The third kappa shape index (κ3) is 3.22. The molecule has 1 aromatic carbocycles. The van der Waals surface area contributed by atoms with Gasteiger partial charge in [-0.1, -0.05) is 18.2 Å². The fraction of sp³-hybridized carbons (Fsp3) is 0.522. The molecule has 10 heteroatoms. The molecule has 174 valence electrons. The molecule has 2 fully saturated rings. The van der Waals surface area contributed by atoms with Crippen molar-refractivity contribution < 1.29 is 14.1 Å². The van der Waals surface area contributed by atoms with Gasteiger partial charge < -0.3 is 25.5 Å². The van der Waals surface area contributed by atoms with Crippen LogP contribution in [0.15, 0.2) is 29.2 Å². The Balaban J connectivity index is 1.31. The van der Waals surface area contributed by atoms with Crippen LogP contribution in [0.25, 0.3) is 0 Å². The van der Waals surface area contributed by atoms with E-state index in [1.165, 1.54) is 0 Å². The third-order valence-electron chi connectivity index (χ3n) is 7.71. The number of aromatic nitrogens is 2. The van der Waals surface area contributed by atoms with Crippen molar-refractivity contribution in [3.05, 3.63) is 35.5 Å². The maximum absolute atomic E-state index is 12.7. The molecule has 1 spiro atoms. The van der Waals surface area contributed by atoms with E-state index >= 15 is 0 Å². The molecule has 9 nitrogen and oxygen atoms in total. The second-order valence-electron chi connectivity index (χ2n) is 9.56. The molecule has 1 atom stereocenters. The molecule has 3 aliphatic heterocycles. The molecule has 2 aromatic rings. The summed E-state index contributed by atoms with van der Waals surface area (Å²) in [6, 6.07) is 7.96. The van der Waals surface area contributed by atoms with Crippen LogP contribution >= 0.6 is 0 Å². The van der Waals surface area contributed by atoms with Crippen LogP contribution in [0.4, 0.5) is 22.2 Å². The molecule has 2 amide bonds. The zero-order valence-electron chi connectivity index (χ0n) is 18.6. The van der Waals surface area contributed by atoms with Crippen molar-refractivity contribution >= 4 is 34.3 Å². The Morgan fingerprint density at radius 2 is 1.94 bits per heavy atom. The van der Waals surface area contributed by atoms with Crippen molar-refractivity contribution in [1.29, 1.82) is 0 Å². The average molecular weight is 469 g/mol. The highest BCUT2D eigenvalue weighted by Gasteiger charge is 2.47. The molecule has 33 heavy (non-hydrogen) atoms. The highest BCUT2D eigenvalue weighted by atomic mass is 32.2. The summed E-state index contributed by atoms with van der Waals surface area (Å²) in [6.45, 7) is 1.45. The minimum absolute atomic E-state index is 0.0355. The SMILES string of the molecule is CN1C(=O)Nc2ccccc2C12CCN(c1nc3c(c(NC4(CO)CC4)n1)S(=O)CC3)CC2. The second kappa shape index (κ2) is 7.39. The van der Waals surface area contributed by atoms with Crippen LogP contribution in [0.5, 0.6) is 0 Å². The van der Waals surface area contributed by atoms with E-state index in [1.54, 1.807) is 0 Å². The van der Waals surface area contributed by atoms with Crippen molar-refractivity contribution in [2.75, 3.05) is 48.0 Å². The predicted octanol–water partition coefficient (Wildman–Crippen LogP) is 2.05. The molecule has 1 saturated heterocycles. The van der Waals surface area contributed by atoms with Gasteiger partial charge in [0, 0.05) is 43.6 Å². The van der Waals surface area contributed by atoms with E-state index in [-0.39, 0.29) is 23.7 Å². The molecule has 0 radical (unpaired) electrons. The third-order valence-corrected chi connectivity index (χ3v) is 9.17. The zero-order chi connectivity index (χ0) is 22.8. The average Bonchev–Trinajstić information content (AvgIpc) is 3.51. The number of anilines is 3. The van der Waals surface area contributed by atoms with Gasteiger partial charge in [0.25, 0.3) is 0 Å². The van der Waals surface area contributed by atoms with Gasteiger partial charge in [0.05, 0.1) is 34.2 Å². The summed E-state index contributed by atoms with van der Waals surface area (Å²) in [5, 5.41) is 16.2. The van der Waals surface area contributed by atoms with Gasteiger partial charge in [0.15, 0.2) is 0 Å². The summed E-state index contributed by atoms with van der Waals surface area (Å²) in [5.41, 5.74) is 2.17. The Bertz CT molecular complexity index is 1160. The summed E-state index contributed by atoms with van der Waals surface area (Å²) in [6.07, 6.45) is 3.97. The molecule has 1 unspecified atom stereocenters. The number of benzene rings is 1. The van der Waals surface area contributed by atoms with Crippen LogP contribution in [0.1, 0.15) is 36.9 Å². The van der Waals surface area contributed by atoms with Gasteiger partial charge in [-0.2, -0.15) is 4.98 Å². The van der Waals surface area contributed by atoms with Gasteiger partial charge in [0.2, 0.25) is 5.95 Å². The first kappa shape index (κ1) is 20.9. The molecule has 3 N–H and O–H groups in total. The van der Waals surface area contributed by atoms with Gasteiger partial charge >= 0.3 is 6.03 Å². The number of aryl methyl sites for hydroxylation is 1. The van der Waals surface area contributed by atoms with E-state index in [1.807, 2.05) is 30.1 Å². The van der Waals surface area contributed by atoms with E-state index < -0.39 is 10.8 Å². The van der Waals surface area contributed by atoms with Crippen LogP contribution in [0.3, 0.4) is 0 Å². The first-order chi connectivity index (χ1) is 15.9. The number of carbonyl (C=O) groups excluding carboxylic acids is 1. The minimum atomic E-state index is -1.11. The van der Waals surface area contributed by atoms with Crippen molar-refractivity contribution in [2.24, 2.45) is 0 Å². The van der Waals surface area contributed by atoms with Gasteiger partial charge in [-0.25, -0.2) is 9.78 Å². The highest BCUT2D eigenvalue weighted by molar-refractivity contribution is 7.85. The van der Waals surface area contributed by atoms with E-state index in [4.69, 9.17) is 9.97 Å². The lowest BCUT2D eigenvalue weighted by molar-refractivity contribution is 0.113. The minimum Gasteiger partial charge on any atom is -0.394 e. The predicted molar refractivity (Wildman–Crippen MR) is 126 cm³/mol. The van der Waals surface area contributed by atoms with Crippen molar-refractivity contribution in [3.63, 3.8) is 0 Å². The zero-order valence-corrected chi connectivity index (χ0v) is 19.5. The molecule has 1 saturated carbocycles. The number of nitrogens with one attached hydrogen (secondary N) is 2. The van der Waals surface area contributed by atoms with E-state index in [9.17, 15) is 14.1 Å². The highest BCUT2D eigenvalue weighted by Crippen LogP contribution is 2.45. The number of rotatable bonds is 4. The number of hydrogen-bond acceptors (Lipinski definition) is 7. The Labute approximate surface area is 195 Å². The largest absolute Gasteiger partial charge is 0.394 e. The number of fused-ring (bicyclic) bond motifs is 3. The molecule has 4 aliphatic rings. The van der Waals surface area contributed by atoms with Gasteiger partial charge in [-0.15, -0.1) is 0 Å². The lowest BCUT2D eigenvalue weighted by Crippen LogP contribution is -2.57. The molecular formula is C23H28N6O3S. The Hall–Kier alpha value is -2.72. The maximum atomic E-state index is 12.7. The van der Waals surface area contributed by atoms with Crippen LogP contribution in [-0.4, -0.2) is 68.3 Å². The summed E-state index contributed by atoms with van der Waals surface area (Å²) >= 11 is 0.